The first-order valence-corrected chi connectivity index (χ1v) is 1.79. The normalized spacial score (nSPS) is 2.00. The topological polar surface area (TPSA) is 176 Å². The largest absolute Gasteiger partial charge is 0.443 e. The van der Waals surface area contributed by atoms with Crippen LogP contribution < -0.4 is 0 Å². The summed E-state index contributed by atoms with van der Waals surface area (Å²) in [6.07, 6.45) is 3.00. The predicted octanol–water partition coefficient (Wildman–Crippen LogP) is -0.645. The fourth-order valence-electron chi connectivity index (χ4n) is 0. The summed E-state index contributed by atoms with van der Waals surface area (Å²) in [5.74, 6) is 0. The second kappa shape index (κ2) is 249. The Morgan fingerprint density at radius 2 is 0.500 bits per heavy atom. The zero-order valence-electron chi connectivity index (χ0n) is 6.21. The van der Waals surface area contributed by atoms with E-state index in [4.69, 9.17) is 41.5 Å². The van der Waals surface area contributed by atoms with E-state index in [-0.39, 0.29) is 33.0 Å². The van der Waals surface area contributed by atoms with Gasteiger partial charge in [0.15, 0.2) is 0 Å². The van der Waals surface area contributed by atoms with Gasteiger partial charge in [-0.15, -0.1) is 0 Å². The average molecular weight is 289 g/mol. The van der Waals surface area contributed by atoms with Gasteiger partial charge in [0.1, 0.15) is 0 Å². The monoisotopic (exact) mass is 288 g/mol. The molecule has 0 heterocycles. The fraction of sp³-hybridized carbons (Fsp3) is 0. The molecule has 14 heavy (non-hydrogen) atoms. The molecule has 0 unspecified atom stereocenters. The van der Waals surface area contributed by atoms with Crippen molar-refractivity contribution >= 4 is 0 Å². The van der Waals surface area contributed by atoms with Crippen LogP contribution in [0.1, 0.15) is 0 Å². The summed E-state index contributed by atoms with van der Waals surface area (Å²) in [5, 5.41) is 55.0. The van der Waals surface area contributed by atoms with Gasteiger partial charge in [0.2, 0.25) is 0 Å². The van der Waals surface area contributed by atoms with E-state index >= 15 is 0 Å². The number of aliphatic hydroxyl groups excluding tert-OH is 4. The molecule has 0 atom stereocenters. The molecule has 0 spiro atoms. The molecular weight excluding hydrogens is 285 g/mol. The van der Waals surface area contributed by atoms with Gasteiger partial charge in [-0.3, -0.25) is 0 Å². The van der Waals surface area contributed by atoms with Gasteiger partial charge in [0.05, 0.1) is 0 Å². The SMILES string of the molecule is N#CO.N#CO.N#CO.N#CO.[Ni].[Ni]. The standard InChI is InChI=1S/4CHNO.2Ni/c4*2-1-3;;/h4*3H;;. The summed E-state index contributed by atoms with van der Waals surface area (Å²) in [7, 11) is 0. The van der Waals surface area contributed by atoms with Gasteiger partial charge in [-0.1, -0.05) is 0 Å². The minimum absolute atomic E-state index is 0. The molecular formula is C4H4N4Ni2O4. The van der Waals surface area contributed by atoms with Crippen molar-refractivity contribution in [3.63, 3.8) is 0 Å². The molecule has 0 aromatic carbocycles. The maximum Gasteiger partial charge on any atom is 0.283 e. The van der Waals surface area contributed by atoms with E-state index in [1.54, 1.807) is 0 Å². The molecule has 8 nitrogen and oxygen atoms in total. The van der Waals surface area contributed by atoms with Crippen molar-refractivity contribution in [3.8, 4) is 25.0 Å². The Morgan fingerprint density at radius 1 is 0.500 bits per heavy atom. The Hall–Kier alpha value is -1.85. The first-order chi connectivity index (χ1) is 5.66. The van der Waals surface area contributed by atoms with Gasteiger partial charge in [-0.2, -0.15) is 21.0 Å². The van der Waals surface area contributed by atoms with Gasteiger partial charge in [0.25, 0.3) is 25.0 Å². The summed E-state index contributed by atoms with van der Waals surface area (Å²) < 4.78 is 0. The first kappa shape index (κ1) is 39.9. The van der Waals surface area contributed by atoms with Gasteiger partial charge in [0, 0.05) is 33.0 Å². The molecule has 10 heteroatoms. The molecule has 0 saturated heterocycles. The molecule has 4 N–H and O–H groups in total. The Labute approximate surface area is 99.7 Å². The van der Waals surface area contributed by atoms with Crippen LogP contribution in [-0.4, -0.2) is 20.4 Å². The van der Waals surface area contributed by atoms with E-state index in [2.05, 4.69) is 0 Å². The number of nitriles is 4. The molecule has 0 aliphatic carbocycles. The average Bonchev–Trinajstić information content (AvgIpc) is 1.92. The van der Waals surface area contributed by atoms with Crippen LogP contribution >= 0.6 is 0 Å². The zero-order valence-corrected chi connectivity index (χ0v) is 8.19. The van der Waals surface area contributed by atoms with E-state index < -0.39 is 0 Å². The third kappa shape index (κ3) is 247. The molecule has 84 valence electrons. The summed E-state index contributed by atoms with van der Waals surface area (Å²) in [6, 6.07) is 0. The second-order valence-corrected chi connectivity index (χ2v) is 0.400. The van der Waals surface area contributed by atoms with Crippen LogP contribution in [0, 0.1) is 46.1 Å². The Kier molecular flexibility index (Phi) is 710. The summed E-state index contributed by atoms with van der Waals surface area (Å²) in [4.78, 5) is 0. The molecule has 0 amide bonds. The Bertz CT molecular complexity index is 161. The quantitative estimate of drug-likeness (QED) is 0.336. The van der Waals surface area contributed by atoms with Crippen LogP contribution in [0.4, 0.5) is 0 Å². The van der Waals surface area contributed by atoms with Crippen molar-refractivity contribution in [3.05, 3.63) is 0 Å². The number of nitrogens with zero attached hydrogens (tertiary/aromatic N) is 4. The molecule has 0 radical (unpaired) electrons. The van der Waals surface area contributed by atoms with Crippen LogP contribution in [0.15, 0.2) is 0 Å². The Balaban J connectivity index is -0.0000000145. The number of hydrogen-bond acceptors (Lipinski definition) is 8. The van der Waals surface area contributed by atoms with Crippen molar-refractivity contribution in [2.45, 2.75) is 0 Å². The van der Waals surface area contributed by atoms with Crippen LogP contribution in [-0.2, 0) is 33.0 Å². The van der Waals surface area contributed by atoms with Crippen LogP contribution in [0.3, 0.4) is 0 Å². The third-order valence-electron chi connectivity index (χ3n) is 0. The molecule has 0 aromatic heterocycles. The summed E-state index contributed by atoms with van der Waals surface area (Å²) in [5.41, 5.74) is 0. The van der Waals surface area contributed by atoms with Gasteiger partial charge in [-0.05, 0) is 0 Å². The van der Waals surface area contributed by atoms with Crippen LogP contribution in [0.2, 0.25) is 0 Å². The van der Waals surface area contributed by atoms with Crippen molar-refractivity contribution in [2.24, 2.45) is 0 Å². The summed E-state index contributed by atoms with van der Waals surface area (Å²) in [6.45, 7) is 0. The van der Waals surface area contributed by atoms with E-state index in [1.807, 2.05) is 0 Å². The van der Waals surface area contributed by atoms with Gasteiger partial charge >= 0.3 is 0 Å². The molecule has 0 fully saturated rings. The van der Waals surface area contributed by atoms with Crippen molar-refractivity contribution in [2.75, 3.05) is 0 Å². The van der Waals surface area contributed by atoms with Crippen molar-refractivity contribution in [1.82, 2.24) is 0 Å². The van der Waals surface area contributed by atoms with E-state index in [9.17, 15) is 0 Å². The number of rotatable bonds is 0. The predicted molar refractivity (Wildman–Crippen MR) is 30.2 cm³/mol. The Morgan fingerprint density at radius 3 is 0.500 bits per heavy atom. The van der Waals surface area contributed by atoms with Gasteiger partial charge in [-0.25, -0.2) is 0 Å². The molecule has 0 aliphatic heterocycles. The molecule has 0 bridgehead atoms. The molecule has 0 aromatic rings. The van der Waals surface area contributed by atoms with Gasteiger partial charge < -0.3 is 20.4 Å². The molecule has 0 aliphatic rings. The van der Waals surface area contributed by atoms with Crippen molar-refractivity contribution in [1.29, 1.82) is 21.0 Å². The minimum Gasteiger partial charge on any atom is -0.443 e. The van der Waals surface area contributed by atoms with E-state index in [0.29, 0.717) is 0 Å². The van der Waals surface area contributed by atoms with E-state index in [1.165, 1.54) is 0 Å². The van der Waals surface area contributed by atoms with Crippen molar-refractivity contribution < 1.29 is 53.4 Å². The maximum absolute atomic E-state index is 6.88. The van der Waals surface area contributed by atoms with Crippen LogP contribution in [0.25, 0.3) is 0 Å². The fourth-order valence-corrected chi connectivity index (χ4v) is 0. The molecule has 0 rings (SSSR count). The summed E-state index contributed by atoms with van der Waals surface area (Å²) >= 11 is 0. The third-order valence-corrected chi connectivity index (χ3v) is 0. The number of aliphatic hydroxyl groups is 4. The second-order valence-electron chi connectivity index (χ2n) is 0.400. The maximum atomic E-state index is 6.88. The molecule has 0 saturated carbocycles. The smallest absolute Gasteiger partial charge is 0.283 e. The van der Waals surface area contributed by atoms with Crippen LogP contribution in [0.5, 0.6) is 0 Å². The number of hydrogen-bond donors (Lipinski definition) is 4. The first-order valence-electron chi connectivity index (χ1n) is 1.79. The minimum atomic E-state index is 0. The van der Waals surface area contributed by atoms with E-state index in [0.717, 1.165) is 25.0 Å². The zero-order chi connectivity index (χ0) is 10.8.